The smallest absolute Gasteiger partial charge is 0.326 e. The zero-order valence-corrected chi connectivity index (χ0v) is 10.7. The van der Waals surface area contributed by atoms with Gasteiger partial charge in [0, 0.05) is 13.1 Å². The molecule has 0 aromatic heterocycles. The summed E-state index contributed by atoms with van der Waals surface area (Å²) in [5.41, 5.74) is 7.03. The molecule has 1 heterocycles. The fourth-order valence-corrected chi connectivity index (χ4v) is 2.12. The number of carboxylic acids is 1. The van der Waals surface area contributed by atoms with Crippen LogP contribution in [0.2, 0.25) is 0 Å². The van der Waals surface area contributed by atoms with Gasteiger partial charge in [-0.15, -0.1) is 0 Å². The molecule has 106 valence electrons. The third-order valence-electron chi connectivity index (χ3n) is 3.13. The van der Waals surface area contributed by atoms with Crippen molar-refractivity contribution in [2.75, 3.05) is 0 Å². The number of nitrogens with zero attached hydrogens (tertiary/aromatic N) is 1. The number of fused-ring (bicyclic) bond motifs is 1. The van der Waals surface area contributed by atoms with Gasteiger partial charge in [-0.1, -0.05) is 24.3 Å². The quantitative estimate of drug-likeness (QED) is 0.721. The highest BCUT2D eigenvalue weighted by Crippen LogP contribution is 2.22. The highest BCUT2D eigenvalue weighted by molar-refractivity contribution is 5.87. The summed E-state index contributed by atoms with van der Waals surface area (Å²) >= 11 is 0. The molecule has 0 fully saturated rings. The first kappa shape index (κ1) is 13.9. The van der Waals surface area contributed by atoms with Crippen molar-refractivity contribution < 1.29 is 19.5 Å². The van der Waals surface area contributed by atoms with Crippen LogP contribution in [0.5, 0.6) is 0 Å². The summed E-state index contributed by atoms with van der Waals surface area (Å²) in [7, 11) is 0. The largest absolute Gasteiger partial charge is 0.480 e. The van der Waals surface area contributed by atoms with E-state index in [4.69, 9.17) is 10.8 Å². The van der Waals surface area contributed by atoms with Crippen LogP contribution in [0, 0.1) is 0 Å². The third-order valence-corrected chi connectivity index (χ3v) is 3.13. The normalized spacial score (nSPS) is 14.5. The molecule has 0 saturated heterocycles. The van der Waals surface area contributed by atoms with E-state index in [2.05, 4.69) is 5.32 Å². The number of carboxylic acid groups (broad SMARTS) is 1. The van der Waals surface area contributed by atoms with E-state index < -0.39 is 30.4 Å². The molecule has 20 heavy (non-hydrogen) atoms. The van der Waals surface area contributed by atoms with Gasteiger partial charge in [-0.25, -0.2) is 9.59 Å². The minimum Gasteiger partial charge on any atom is -0.480 e. The van der Waals surface area contributed by atoms with Crippen molar-refractivity contribution in [3.63, 3.8) is 0 Å². The molecule has 7 nitrogen and oxygen atoms in total. The number of carbonyl (C=O) groups excluding carboxylic acids is 2. The maximum absolute atomic E-state index is 12.0. The topological polar surface area (TPSA) is 113 Å². The molecule has 0 bridgehead atoms. The summed E-state index contributed by atoms with van der Waals surface area (Å²) in [6.07, 6.45) is -0.429. The van der Waals surface area contributed by atoms with Crippen LogP contribution < -0.4 is 11.1 Å². The van der Waals surface area contributed by atoms with E-state index in [9.17, 15) is 14.4 Å². The van der Waals surface area contributed by atoms with Crippen molar-refractivity contribution in [2.24, 2.45) is 5.73 Å². The summed E-state index contributed by atoms with van der Waals surface area (Å²) in [5.74, 6) is -2.06. The van der Waals surface area contributed by atoms with E-state index in [1.165, 1.54) is 4.90 Å². The third kappa shape index (κ3) is 3.05. The summed E-state index contributed by atoms with van der Waals surface area (Å²) < 4.78 is 0. The van der Waals surface area contributed by atoms with Gasteiger partial charge in [0.05, 0.1) is 6.42 Å². The van der Waals surface area contributed by atoms with Gasteiger partial charge in [-0.05, 0) is 11.1 Å². The van der Waals surface area contributed by atoms with Crippen molar-refractivity contribution in [2.45, 2.75) is 25.6 Å². The number of rotatable bonds is 4. The van der Waals surface area contributed by atoms with E-state index in [1.54, 1.807) is 0 Å². The molecule has 1 aromatic rings. The number of aliphatic carboxylic acids is 1. The Hall–Kier alpha value is -2.57. The summed E-state index contributed by atoms with van der Waals surface area (Å²) in [4.78, 5) is 35.2. The minimum atomic E-state index is -1.30. The van der Waals surface area contributed by atoms with Gasteiger partial charge in [0.2, 0.25) is 5.91 Å². The van der Waals surface area contributed by atoms with Crippen LogP contribution in [0.3, 0.4) is 0 Å². The van der Waals surface area contributed by atoms with Gasteiger partial charge in [-0.2, -0.15) is 0 Å². The Balaban J connectivity index is 1.99. The van der Waals surface area contributed by atoms with E-state index in [-0.39, 0.29) is 0 Å². The number of urea groups is 1. The first-order valence-corrected chi connectivity index (χ1v) is 6.10. The molecule has 0 saturated carbocycles. The van der Waals surface area contributed by atoms with Crippen molar-refractivity contribution >= 4 is 17.9 Å². The first-order valence-electron chi connectivity index (χ1n) is 6.10. The molecule has 2 rings (SSSR count). The summed E-state index contributed by atoms with van der Waals surface area (Å²) in [5, 5.41) is 11.3. The Bertz CT molecular complexity index is 533. The second kappa shape index (κ2) is 5.60. The van der Waals surface area contributed by atoms with Gasteiger partial charge in [0.25, 0.3) is 0 Å². The maximum Gasteiger partial charge on any atom is 0.326 e. The molecule has 0 aliphatic carbocycles. The number of primary amides is 1. The second-order valence-electron chi connectivity index (χ2n) is 4.64. The molecule has 3 amide bonds. The van der Waals surface area contributed by atoms with Crippen LogP contribution in [0.25, 0.3) is 0 Å². The lowest BCUT2D eigenvalue weighted by Crippen LogP contribution is -2.47. The number of benzene rings is 1. The molecule has 4 N–H and O–H groups in total. The van der Waals surface area contributed by atoms with Crippen LogP contribution >= 0.6 is 0 Å². The fraction of sp³-hybridized carbons (Fsp3) is 0.308. The average molecular weight is 277 g/mol. The van der Waals surface area contributed by atoms with Gasteiger partial charge < -0.3 is 21.1 Å². The van der Waals surface area contributed by atoms with Crippen LogP contribution in [0.4, 0.5) is 4.79 Å². The van der Waals surface area contributed by atoms with Crippen molar-refractivity contribution in [1.82, 2.24) is 10.2 Å². The average Bonchev–Trinajstić information content (AvgIpc) is 2.81. The Morgan fingerprint density at radius 3 is 2.25 bits per heavy atom. The highest BCUT2D eigenvalue weighted by atomic mass is 16.4. The number of hydrogen-bond acceptors (Lipinski definition) is 3. The summed E-state index contributed by atoms with van der Waals surface area (Å²) in [6.45, 7) is 0.843. The van der Waals surface area contributed by atoms with Crippen LogP contribution in [0.1, 0.15) is 17.5 Å². The Morgan fingerprint density at radius 1 is 1.25 bits per heavy atom. The number of nitrogens with two attached hydrogens (primary N) is 1. The molecule has 0 unspecified atom stereocenters. The fourth-order valence-electron chi connectivity index (χ4n) is 2.12. The molecule has 1 aliphatic rings. The molecule has 7 heteroatoms. The molecule has 1 aromatic carbocycles. The summed E-state index contributed by atoms with van der Waals surface area (Å²) in [6, 6.07) is 5.78. The van der Waals surface area contributed by atoms with Crippen molar-refractivity contribution in [3.05, 3.63) is 35.4 Å². The monoisotopic (exact) mass is 277 g/mol. The van der Waals surface area contributed by atoms with Crippen LogP contribution in [-0.4, -0.2) is 34.0 Å². The zero-order valence-electron chi connectivity index (χ0n) is 10.7. The second-order valence-corrected chi connectivity index (χ2v) is 4.64. The zero-order chi connectivity index (χ0) is 14.7. The molecule has 0 spiro atoms. The Morgan fingerprint density at radius 2 is 1.80 bits per heavy atom. The number of hydrogen-bond donors (Lipinski definition) is 3. The van der Waals surface area contributed by atoms with Crippen LogP contribution in [0.15, 0.2) is 24.3 Å². The molecule has 1 aliphatic heterocycles. The van der Waals surface area contributed by atoms with E-state index in [0.29, 0.717) is 13.1 Å². The minimum absolute atomic E-state index is 0.422. The lowest BCUT2D eigenvalue weighted by atomic mass is 10.1. The highest BCUT2D eigenvalue weighted by Gasteiger charge is 2.28. The van der Waals surface area contributed by atoms with Crippen molar-refractivity contribution in [1.29, 1.82) is 0 Å². The molecular formula is C13H15N3O4. The molecule has 1 atom stereocenters. The maximum atomic E-state index is 12.0. The van der Waals surface area contributed by atoms with E-state index in [0.717, 1.165) is 11.1 Å². The Kier molecular flexibility index (Phi) is 3.88. The molecular weight excluding hydrogens is 262 g/mol. The Labute approximate surface area is 115 Å². The van der Waals surface area contributed by atoms with Gasteiger partial charge in [0.1, 0.15) is 6.04 Å². The lowest BCUT2D eigenvalue weighted by Gasteiger charge is -2.19. The van der Waals surface area contributed by atoms with Gasteiger partial charge >= 0.3 is 12.0 Å². The predicted molar refractivity (Wildman–Crippen MR) is 69.5 cm³/mol. The standard InChI is InChI=1S/C13H15N3O4/c14-11(17)5-10(12(18)19)15-13(20)16-6-8-3-1-2-4-9(8)7-16/h1-4,10H,5-7H2,(H2,14,17)(H,15,20)(H,18,19)/t10-/m0/s1. The lowest BCUT2D eigenvalue weighted by molar-refractivity contribution is -0.140. The first-order chi connectivity index (χ1) is 9.47. The van der Waals surface area contributed by atoms with Crippen molar-refractivity contribution in [3.8, 4) is 0 Å². The number of nitrogens with one attached hydrogen (secondary N) is 1. The van der Waals surface area contributed by atoms with Crippen LogP contribution in [-0.2, 0) is 22.7 Å². The number of amides is 3. The van der Waals surface area contributed by atoms with E-state index in [1.807, 2.05) is 24.3 Å². The van der Waals surface area contributed by atoms with Gasteiger partial charge in [-0.3, -0.25) is 4.79 Å². The predicted octanol–water partition coefficient (Wildman–Crippen LogP) is 0.0404. The SMILES string of the molecule is NC(=O)C[C@H](NC(=O)N1Cc2ccccc2C1)C(=O)O. The molecule has 0 radical (unpaired) electrons. The number of carbonyl (C=O) groups is 3. The van der Waals surface area contributed by atoms with Gasteiger partial charge in [0.15, 0.2) is 0 Å². The van der Waals surface area contributed by atoms with E-state index >= 15 is 0 Å².